The predicted molar refractivity (Wildman–Crippen MR) is 130 cm³/mol. The van der Waals surface area contributed by atoms with Gasteiger partial charge in [-0.3, -0.25) is 9.59 Å². The van der Waals surface area contributed by atoms with E-state index in [1.54, 1.807) is 12.5 Å². The van der Waals surface area contributed by atoms with Crippen molar-refractivity contribution in [2.75, 3.05) is 6.79 Å². The molecule has 0 bridgehead atoms. The summed E-state index contributed by atoms with van der Waals surface area (Å²) < 4.78 is 12.9. The number of imidazole rings is 1. The smallest absolute Gasteiger partial charge is 0.231 e. The van der Waals surface area contributed by atoms with Gasteiger partial charge in [0.25, 0.3) is 0 Å². The van der Waals surface area contributed by atoms with E-state index in [1.807, 2.05) is 59.3 Å². The Bertz CT molecular complexity index is 1170. The van der Waals surface area contributed by atoms with E-state index in [-0.39, 0.29) is 24.6 Å². The summed E-state index contributed by atoms with van der Waals surface area (Å²) in [6.07, 6.45) is 8.95. The molecule has 2 N–H and O–H groups in total. The van der Waals surface area contributed by atoms with Crippen LogP contribution in [0.1, 0.15) is 49.3 Å². The first kappa shape index (κ1) is 23.0. The molecule has 1 saturated heterocycles. The Hall–Kier alpha value is -3.81. The Morgan fingerprint density at radius 1 is 1.17 bits per heavy atom. The lowest BCUT2D eigenvalue weighted by Gasteiger charge is -2.30. The van der Waals surface area contributed by atoms with E-state index in [0.29, 0.717) is 32.1 Å². The second kappa shape index (κ2) is 10.2. The van der Waals surface area contributed by atoms with Crippen LogP contribution in [0.4, 0.5) is 0 Å². The van der Waals surface area contributed by atoms with Crippen LogP contribution in [0.25, 0.3) is 0 Å². The topological polar surface area (TPSA) is 94.5 Å². The number of carbonyl (C=O) groups excluding carboxylic acids is 2. The number of aryl methyl sites for hydroxylation is 1. The summed E-state index contributed by atoms with van der Waals surface area (Å²) in [7, 11) is 0. The molecule has 1 aromatic heterocycles. The molecule has 35 heavy (non-hydrogen) atoms. The molecule has 2 amide bonds. The predicted octanol–water partition coefficient (Wildman–Crippen LogP) is 3.53. The third-order valence-corrected chi connectivity index (χ3v) is 6.82. The summed E-state index contributed by atoms with van der Waals surface area (Å²) >= 11 is 0. The van der Waals surface area contributed by atoms with E-state index in [1.165, 1.54) is 0 Å². The first-order valence-electron chi connectivity index (χ1n) is 12.1. The van der Waals surface area contributed by atoms with Gasteiger partial charge < -0.3 is 24.7 Å². The van der Waals surface area contributed by atoms with Crippen molar-refractivity contribution in [1.29, 1.82) is 0 Å². The lowest BCUT2D eigenvalue weighted by molar-refractivity contribution is -0.123. The van der Waals surface area contributed by atoms with Crippen molar-refractivity contribution in [2.24, 2.45) is 0 Å². The summed E-state index contributed by atoms with van der Waals surface area (Å²) in [5.41, 5.74) is 1.69. The van der Waals surface area contributed by atoms with Gasteiger partial charge in [0.05, 0.1) is 12.4 Å². The SMILES string of the molecule is O=C(CC[C@]1(Cc2ccc3c(c2)OCO3)CCC(=O)N1)N[C@@H](CCn1ccnc1)c1ccccc1. The average molecular weight is 475 g/mol. The Balaban J connectivity index is 1.24. The maximum Gasteiger partial charge on any atom is 0.231 e. The van der Waals surface area contributed by atoms with Gasteiger partial charge in [0, 0.05) is 37.3 Å². The molecule has 182 valence electrons. The molecular formula is C27H30N4O4. The molecule has 0 radical (unpaired) electrons. The molecule has 8 nitrogen and oxygen atoms in total. The molecule has 0 spiro atoms. The Labute approximate surface area is 204 Å². The lowest BCUT2D eigenvalue weighted by Crippen LogP contribution is -2.44. The molecule has 0 saturated carbocycles. The van der Waals surface area contributed by atoms with Crippen molar-refractivity contribution in [1.82, 2.24) is 20.2 Å². The zero-order chi connectivity index (χ0) is 24.1. The number of benzene rings is 2. The highest BCUT2D eigenvalue weighted by atomic mass is 16.7. The standard InChI is InChI=1S/C27H30N4O4/c32-25(29-22(21-4-2-1-3-5-21)10-14-31-15-13-28-18-31)8-11-27(12-9-26(33)30-27)17-20-6-7-23-24(16-20)35-19-34-23/h1-7,13,15-16,18,22H,8-12,14,17,19H2,(H,29,32)(H,30,33)/t22-,27+/m0/s1. The van der Waals surface area contributed by atoms with Crippen LogP contribution in [0.3, 0.4) is 0 Å². The molecule has 1 fully saturated rings. The maximum atomic E-state index is 13.1. The third-order valence-electron chi connectivity index (χ3n) is 6.82. The van der Waals surface area contributed by atoms with Gasteiger partial charge in [0.2, 0.25) is 18.6 Å². The van der Waals surface area contributed by atoms with E-state index >= 15 is 0 Å². The number of nitrogens with one attached hydrogen (secondary N) is 2. The van der Waals surface area contributed by atoms with Crippen LogP contribution < -0.4 is 20.1 Å². The summed E-state index contributed by atoms with van der Waals surface area (Å²) in [6.45, 7) is 0.980. The number of fused-ring (bicyclic) bond motifs is 1. The Morgan fingerprint density at radius 3 is 2.80 bits per heavy atom. The van der Waals surface area contributed by atoms with Gasteiger partial charge in [-0.15, -0.1) is 0 Å². The normalized spacial score (nSPS) is 19.4. The second-order valence-corrected chi connectivity index (χ2v) is 9.31. The summed E-state index contributed by atoms with van der Waals surface area (Å²) in [6, 6.07) is 15.8. The molecular weight excluding hydrogens is 444 g/mol. The fraction of sp³-hybridized carbons (Fsp3) is 0.370. The molecule has 3 heterocycles. The van der Waals surface area contributed by atoms with Gasteiger partial charge in [0.1, 0.15) is 0 Å². The summed E-state index contributed by atoms with van der Waals surface area (Å²) in [4.78, 5) is 29.4. The Kier molecular flexibility index (Phi) is 6.70. The number of rotatable bonds is 10. The van der Waals surface area contributed by atoms with Crippen LogP contribution in [0, 0.1) is 0 Å². The lowest BCUT2D eigenvalue weighted by atomic mass is 9.84. The number of nitrogens with zero attached hydrogens (tertiary/aromatic N) is 2. The maximum absolute atomic E-state index is 13.1. The quantitative estimate of drug-likeness (QED) is 0.469. The van der Waals surface area contributed by atoms with Gasteiger partial charge in [-0.1, -0.05) is 36.4 Å². The van der Waals surface area contributed by atoms with Gasteiger partial charge >= 0.3 is 0 Å². The monoisotopic (exact) mass is 474 g/mol. The second-order valence-electron chi connectivity index (χ2n) is 9.31. The molecule has 2 aliphatic rings. The number of hydrogen-bond donors (Lipinski definition) is 2. The number of hydrogen-bond acceptors (Lipinski definition) is 5. The highest BCUT2D eigenvalue weighted by Gasteiger charge is 2.38. The van der Waals surface area contributed by atoms with Gasteiger partial charge in [-0.2, -0.15) is 0 Å². The van der Waals surface area contributed by atoms with E-state index in [2.05, 4.69) is 15.6 Å². The van der Waals surface area contributed by atoms with Crippen LogP contribution in [-0.2, 0) is 22.6 Å². The minimum atomic E-state index is -0.443. The van der Waals surface area contributed by atoms with Crippen molar-refractivity contribution in [3.05, 3.63) is 78.4 Å². The van der Waals surface area contributed by atoms with Crippen LogP contribution in [0.5, 0.6) is 11.5 Å². The van der Waals surface area contributed by atoms with Crippen molar-refractivity contribution in [3.8, 4) is 11.5 Å². The molecule has 0 aliphatic carbocycles. The average Bonchev–Trinajstić information content (AvgIpc) is 3.63. The van der Waals surface area contributed by atoms with Crippen LogP contribution in [-0.4, -0.2) is 33.7 Å². The minimum Gasteiger partial charge on any atom is -0.454 e. The number of ether oxygens (including phenoxy) is 2. The van der Waals surface area contributed by atoms with E-state index < -0.39 is 5.54 Å². The van der Waals surface area contributed by atoms with Crippen molar-refractivity contribution in [3.63, 3.8) is 0 Å². The van der Waals surface area contributed by atoms with Crippen LogP contribution in [0.2, 0.25) is 0 Å². The highest BCUT2D eigenvalue weighted by molar-refractivity contribution is 5.80. The number of amides is 2. The molecule has 2 aliphatic heterocycles. The van der Waals surface area contributed by atoms with Crippen LogP contribution >= 0.6 is 0 Å². The molecule has 2 atom stereocenters. The van der Waals surface area contributed by atoms with E-state index in [0.717, 1.165) is 35.6 Å². The Morgan fingerprint density at radius 2 is 2.03 bits per heavy atom. The van der Waals surface area contributed by atoms with E-state index in [9.17, 15) is 9.59 Å². The molecule has 5 rings (SSSR count). The zero-order valence-electron chi connectivity index (χ0n) is 19.6. The first-order chi connectivity index (χ1) is 17.1. The largest absolute Gasteiger partial charge is 0.454 e. The molecule has 8 heteroatoms. The highest BCUT2D eigenvalue weighted by Crippen LogP contribution is 2.36. The number of carbonyl (C=O) groups is 2. The third kappa shape index (κ3) is 5.65. The zero-order valence-corrected chi connectivity index (χ0v) is 19.6. The van der Waals surface area contributed by atoms with Gasteiger partial charge in [0.15, 0.2) is 11.5 Å². The van der Waals surface area contributed by atoms with E-state index in [4.69, 9.17) is 9.47 Å². The van der Waals surface area contributed by atoms with Crippen molar-refractivity contribution < 1.29 is 19.1 Å². The first-order valence-corrected chi connectivity index (χ1v) is 12.1. The van der Waals surface area contributed by atoms with Gasteiger partial charge in [-0.25, -0.2) is 4.98 Å². The fourth-order valence-corrected chi connectivity index (χ4v) is 4.95. The molecule has 3 aromatic rings. The fourth-order valence-electron chi connectivity index (χ4n) is 4.95. The van der Waals surface area contributed by atoms with Crippen molar-refractivity contribution >= 4 is 11.8 Å². The summed E-state index contributed by atoms with van der Waals surface area (Å²) in [5, 5.41) is 6.39. The van der Waals surface area contributed by atoms with Crippen LogP contribution in [0.15, 0.2) is 67.3 Å². The van der Waals surface area contributed by atoms with Gasteiger partial charge in [-0.05, 0) is 48.9 Å². The molecule has 0 unspecified atom stereocenters. The molecule has 2 aromatic carbocycles. The summed E-state index contributed by atoms with van der Waals surface area (Å²) in [5.74, 6) is 1.48. The minimum absolute atomic E-state index is 0.0179. The van der Waals surface area contributed by atoms with Crippen molar-refractivity contribution in [2.45, 2.75) is 56.7 Å². The number of aromatic nitrogens is 2.